The fourth-order valence-electron chi connectivity index (χ4n) is 2.41. The van der Waals surface area contributed by atoms with Gasteiger partial charge < -0.3 is 11.5 Å². The van der Waals surface area contributed by atoms with E-state index in [1.54, 1.807) is 12.3 Å². The number of benzene rings is 1. The first-order valence-electron chi connectivity index (χ1n) is 6.99. The molecule has 1 aromatic carbocycles. The molecule has 0 aliphatic rings. The lowest BCUT2D eigenvalue weighted by Gasteiger charge is -2.29. The van der Waals surface area contributed by atoms with Crippen LogP contribution in [0, 0.1) is 0 Å². The highest BCUT2D eigenvalue weighted by Crippen LogP contribution is 2.30. The van der Waals surface area contributed by atoms with E-state index in [9.17, 15) is 0 Å². The third-order valence-electron chi connectivity index (χ3n) is 3.57. The molecule has 2 aromatic rings. The van der Waals surface area contributed by atoms with E-state index in [4.69, 9.17) is 34.7 Å². The molecule has 0 saturated carbocycles. The van der Waals surface area contributed by atoms with Gasteiger partial charge >= 0.3 is 0 Å². The van der Waals surface area contributed by atoms with Crippen molar-refractivity contribution in [2.75, 3.05) is 6.54 Å². The van der Waals surface area contributed by atoms with Crippen molar-refractivity contribution in [2.24, 2.45) is 11.5 Å². The van der Waals surface area contributed by atoms with Gasteiger partial charge in [0, 0.05) is 10.7 Å². The summed E-state index contributed by atoms with van der Waals surface area (Å²) in [4.78, 5) is 4.47. The quantitative estimate of drug-likeness (QED) is 0.757. The minimum atomic E-state index is -0.586. The van der Waals surface area contributed by atoms with E-state index in [2.05, 4.69) is 20.9 Å². The van der Waals surface area contributed by atoms with Crippen molar-refractivity contribution >= 4 is 39.1 Å². The molecule has 2 rings (SSSR count). The van der Waals surface area contributed by atoms with Gasteiger partial charge in [0.2, 0.25) is 0 Å². The molecule has 0 aliphatic heterocycles. The molecule has 1 unspecified atom stereocenters. The fourth-order valence-corrected chi connectivity index (χ4v) is 2.96. The van der Waals surface area contributed by atoms with E-state index in [0.717, 1.165) is 28.6 Å². The van der Waals surface area contributed by atoms with Crippen molar-refractivity contribution in [1.82, 2.24) is 4.98 Å². The molecular weight excluding hydrogens is 385 g/mol. The van der Waals surface area contributed by atoms with E-state index in [1.807, 2.05) is 24.3 Å². The molecule has 0 radical (unpaired) electrons. The van der Waals surface area contributed by atoms with Crippen molar-refractivity contribution in [2.45, 2.75) is 24.8 Å². The Bertz CT molecular complexity index is 634. The summed E-state index contributed by atoms with van der Waals surface area (Å²) in [5, 5.41) is 1.07. The van der Waals surface area contributed by atoms with E-state index >= 15 is 0 Å². The Morgan fingerprint density at radius 1 is 1.14 bits per heavy atom. The van der Waals surface area contributed by atoms with Crippen LogP contribution in [0.15, 0.2) is 41.0 Å². The monoisotopic (exact) mass is 401 g/mol. The summed E-state index contributed by atoms with van der Waals surface area (Å²) >= 11 is 15.5. The molecule has 0 amide bonds. The summed E-state index contributed by atoms with van der Waals surface area (Å²) in [7, 11) is 0. The molecule has 0 fully saturated rings. The highest BCUT2D eigenvalue weighted by molar-refractivity contribution is 9.10. The molecule has 118 valence electrons. The lowest BCUT2D eigenvalue weighted by molar-refractivity contribution is 0.384. The molecule has 0 saturated heterocycles. The lowest BCUT2D eigenvalue weighted by Crippen LogP contribution is -2.40. The van der Waals surface area contributed by atoms with Gasteiger partial charge in [-0.2, -0.15) is 0 Å². The minimum Gasteiger partial charge on any atom is -0.330 e. The van der Waals surface area contributed by atoms with Crippen molar-refractivity contribution in [1.29, 1.82) is 0 Å². The van der Waals surface area contributed by atoms with Crippen LogP contribution >= 0.6 is 39.1 Å². The second kappa shape index (κ2) is 7.75. The van der Waals surface area contributed by atoms with E-state index < -0.39 is 5.54 Å². The average Bonchev–Trinajstić information content (AvgIpc) is 2.49. The van der Waals surface area contributed by atoms with Crippen LogP contribution in [0.25, 0.3) is 0 Å². The molecule has 22 heavy (non-hydrogen) atoms. The summed E-state index contributed by atoms with van der Waals surface area (Å²) in [5.41, 5.74) is 13.6. The third kappa shape index (κ3) is 4.43. The topological polar surface area (TPSA) is 64.9 Å². The first kappa shape index (κ1) is 17.7. The SMILES string of the molecule is NCCCC(N)(Cc1ccc(Cl)c(Cl)c1)c1ccc(Br)cn1. The first-order chi connectivity index (χ1) is 10.4. The summed E-state index contributed by atoms with van der Waals surface area (Å²) in [5.74, 6) is 0. The molecule has 6 heteroatoms. The van der Waals surface area contributed by atoms with Crippen LogP contribution in [0.3, 0.4) is 0 Å². The zero-order valence-electron chi connectivity index (χ0n) is 12.0. The van der Waals surface area contributed by atoms with Gasteiger partial charge in [0.15, 0.2) is 0 Å². The molecule has 0 spiro atoms. The standard InChI is InChI=1S/C16H18BrCl2N3/c17-12-3-5-15(22-10-12)16(21,6-1-7-20)9-11-2-4-13(18)14(19)8-11/h2-5,8,10H,1,6-7,9,20-21H2. The Kier molecular flexibility index (Phi) is 6.24. The van der Waals surface area contributed by atoms with Gasteiger partial charge in [-0.25, -0.2) is 0 Å². The Morgan fingerprint density at radius 3 is 2.50 bits per heavy atom. The molecular formula is C16H18BrCl2N3. The van der Waals surface area contributed by atoms with Gasteiger partial charge in [0.05, 0.1) is 21.3 Å². The maximum Gasteiger partial charge on any atom is 0.0625 e. The third-order valence-corrected chi connectivity index (χ3v) is 4.78. The number of halogens is 3. The zero-order chi connectivity index (χ0) is 16.2. The molecule has 3 nitrogen and oxygen atoms in total. The average molecular weight is 403 g/mol. The Morgan fingerprint density at radius 2 is 1.91 bits per heavy atom. The van der Waals surface area contributed by atoms with Gasteiger partial charge in [0.1, 0.15) is 0 Å². The normalized spacial score (nSPS) is 13.9. The van der Waals surface area contributed by atoms with Gasteiger partial charge in [-0.3, -0.25) is 4.98 Å². The van der Waals surface area contributed by atoms with Gasteiger partial charge in [0.25, 0.3) is 0 Å². The van der Waals surface area contributed by atoms with Crippen LogP contribution in [0.4, 0.5) is 0 Å². The first-order valence-corrected chi connectivity index (χ1v) is 8.54. The maximum absolute atomic E-state index is 6.67. The van der Waals surface area contributed by atoms with Crippen LogP contribution in [0.1, 0.15) is 24.1 Å². The molecule has 0 bridgehead atoms. The van der Waals surface area contributed by atoms with Crippen molar-refractivity contribution in [3.05, 3.63) is 62.3 Å². The number of pyridine rings is 1. The van der Waals surface area contributed by atoms with Crippen LogP contribution in [0.5, 0.6) is 0 Å². The molecule has 4 N–H and O–H groups in total. The number of hydrogen-bond donors (Lipinski definition) is 2. The highest BCUT2D eigenvalue weighted by Gasteiger charge is 2.29. The molecule has 1 heterocycles. The van der Waals surface area contributed by atoms with E-state index in [-0.39, 0.29) is 0 Å². The van der Waals surface area contributed by atoms with Crippen molar-refractivity contribution < 1.29 is 0 Å². The Balaban J connectivity index is 2.31. The minimum absolute atomic E-state index is 0.532. The number of nitrogens with zero attached hydrogens (tertiary/aromatic N) is 1. The second-order valence-corrected chi connectivity index (χ2v) is 7.07. The van der Waals surface area contributed by atoms with Gasteiger partial charge in [-0.15, -0.1) is 0 Å². The van der Waals surface area contributed by atoms with Crippen molar-refractivity contribution in [3.63, 3.8) is 0 Å². The number of nitrogens with two attached hydrogens (primary N) is 2. The lowest BCUT2D eigenvalue weighted by atomic mass is 9.84. The smallest absolute Gasteiger partial charge is 0.0625 e. The number of hydrogen-bond acceptors (Lipinski definition) is 3. The second-order valence-electron chi connectivity index (χ2n) is 5.34. The molecule has 1 atom stereocenters. The van der Waals surface area contributed by atoms with Crippen LogP contribution in [-0.4, -0.2) is 11.5 Å². The van der Waals surface area contributed by atoms with Crippen LogP contribution in [-0.2, 0) is 12.0 Å². The Hall–Kier alpha value is -0.650. The maximum atomic E-state index is 6.67. The summed E-state index contributed by atoms with van der Waals surface area (Å²) in [6, 6.07) is 9.47. The van der Waals surface area contributed by atoms with E-state index in [0.29, 0.717) is 23.0 Å². The van der Waals surface area contributed by atoms with Crippen molar-refractivity contribution in [3.8, 4) is 0 Å². The van der Waals surface area contributed by atoms with E-state index in [1.165, 1.54) is 0 Å². The largest absolute Gasteiger partial charge is 0.330 e. The predicted octanol–water partition coefficient (Wildman–Crippen LogP) is 4.29. The fraction of sp³-hybridized carbons (Fsp3) is 0.312. The predicted molar refractivity (Wildman–Crippen MR) is 96.3 cm³/mol. The summed E-state index contributed by atoms with van der Waals surface area (Å²) in [6.45, 7) is 0.594. The van der Waals surface area contributed by atoms with Gasteiger partial charge in [-0.1, -0.05) is 29.3 Å². The number of rotatable bonds is 6. The summed E-state index contributed by atoms with van der Waals surface area (Å²) in [6.07, 6.45) is 3.96. The molecule has 1 aromatic heterocycles. The molecule has 0 aliphatic carbocycles. The van der Waals surface area contributed by atoms with Gasteiger partial charge in [-0.05, 0) is 71.6 Å². The van der Waals surface area contributed by atoms with Crippen LogP contribution in [0.2, 0.25) is 10.0 Å². The summed E-state index contributed by atoms with van der Waals surface area (Å²) < 4.78 is 0.923. The zero-order valence-corrected chi connectivity index (χ0v) is 15.1. The highest BCUT2D eigenvalue weighted by atomic mass is 79.9. The number of aromatic nitrogens is 1. The Labute approximate surface area is 149 Å². The van der Waals surface area contributed by atoms with Crippen LogP contribution < -0.4 is 11.5 Å².